The summed E-state index contributed by atoms with van der Waals surface area (Å²) in [5, 5.41) is 16.0. The molecule has 0 aromatic heterocycles. The summed E-state index contributed by atoms with van der Waals surface area (Å²) in [6.45, 7) is 0. The van der Waals surface area contributed by atoms with Crippen molar-refractivity contribution in [2.24, 2.45) is 0 Å². The molecular formula is C14H9BrClN3O3S. The number of thiocarbonyl (C=S) groups is 1. The van der Waals surface area contributed by atoms with Crippen LogP contribution in [0, 0.1) is 10.1 Å². The highest BCUT2D eigenvalue weighted by Crippen LogP contribution is 2.26. The minimum atomic E-state index is -0.552. The third kappa shape index (κ3) is 4.72. The van der Waals surface area contributed by atoms with Crippen molar-refractivity contribution in [3.63, 3.8) is 0 Å². The molecule has 9 heteroatoms. The van der Waals surface area contributed by atoms with Gasteiger partial charge in [0.25, 0.3) is 11.6 Å². The lowest BCUT2D eigenvalue weighted by molar-refractivity contribution is -0.384. The molecule has 0 unspecified atom stereocenters. The predicted molar refractivity (Wildman–Crippen MR) is 95.9 cm³/mol. The van der Waals surface area contributed by atoms with Gasteiger partial charge in [-0.15, -0.1) is 0 Å². The molecule has 118 valence electrons. The van der Waals surface area contributed by atoms with E-state index in [0.29, 0.717) is 11.3 Å². The number of nitrogens with zero attached hydrogens (tertiary/aromatic N) is 1. The van der Waals surface area contributed by atoms with Gasteiger partial charge in [0.1, 0.15) is 0 Å². The van der Waals surface area contributed by atoms with Crippen LogP contribution in [0.15, 0.2) is 46.9 Å². The molecule has 6 nitrogen and oxygen atoms in total. The van der Waals surface area contributed by atoms with Crippen LogP contribution in [0.5, 0.6) is 0 Å². The van der Waals surface area contributed by atoms with Gasteiger partial charge in [-0.1, -0.05) is 27.5 Å². The van der Waals surface area contributed by atoms with Crippen LogP contribution >= 0.6 is 39.7 Å². The molecule has 0 aliphatic rings. The van der Waals surface area contributed by atoms with Gasteiger partial charge in [0.15, 0.2) is 5.11 Å². The summed E-state index contributed by atoms with van der Waals surface area (Å²) >= 11 is 14.3. The van der Waals surface area contributed by atoms with Crippen molar-refractivity contribution in [2.45, 2.75) is 0 Å². The highest BCUT2D eigenvalue weighted by atomic mass is 79.9. The van der Waals surface area contributed by atoms with Crippen LogP contribution in [0.4, 0.5) is 11.4 Å². The lowest BCUT2D eigenvalue weighted by Crippen LogP contribution is -2.34. The summed E-state index contributed by atoms with van der Waals surface area (Å²) in [5.41, 5.74) is 0.663. The molecular weight excluding hydrogens is 406 g/mol. The van der Waals surface area contributed by atoms with Crippen molar-refractivity contribution in [2.75, 3.05) is 5.32 Å². The second kappa shape index (κ2) is 7.49. The number of rotatable bonds is 3. The number of carbonyl (C=O) groups excluding carboxylic acids is 1. The number of hydrogen-bond donors (Lipinski definition) is 2. The quantitative estimate of drug-likeness (QED) is 0.448. The van der Waals surface area contributed by atoms with Crippen molar-refractivity contribution in [3.8, 4) is 0 Å². The molecule has 2 aromatic rings. The van der Waals surface area contributed by atoms with E-state index in [9.17, 15) is 14.9 Å². The molecule has 2 rings (SSSR count). The van der Waals surface area contributed by atoms with E-state index in [-0.39, 0.29) is 21.7 Å². The third-order valence-corrected chi connectivity index (χ3v) is 3.79. The second-order valence-corrected chi connectivity index (χ2v) is 6.07. The van der Waals surface area contributed by atoms with E-state index in [1.165, 1.54) is 18.2 Å². The fourth-order valence-electron chi connectivity index (χ4n) is 1.65. The number of non-ortho nitro benzene ring substituents is 1. The molecule has 2 N–H and O–H groups in total. The minimum Gasteiger partial charge on any atom is -0.331 e. The summed E-state index contributed by atoms with van der Waals surface area (Å²) in [6.07, 6.45) is 0. The Kier molecular flexibility index (Phi) is 5.64. The van der Waals surface area contributed by atoms with Crippen LogP contribution < -0.4 is 10.6 Å². The van der Waals surface area contributed by atoms with Crippen LogP contribution in [-0.2, 0) is 0 Å². The second-order valence-electron chi connectivity index (χ2n) is 4.34. The number of benzene rings is 2. The summed E-state index contributed by atoms with van der Waals surface area (Å²) in [7, 11) is 0. The molecule has 0 fully saturated rings. The van der Waals surface area contributed by atoms with Crippen LogP contribution in [-0.4, -0.2) is 15.9 Å². The Bertz CT molecular complexity index is 783. The largest absolute Gasteiger partial charge is 0.331 e. The maximum absolute atomic E-state index is 12.0. The number of hydrogen-bond acceptors (Lipinski definition) is 4. The van der Waals surface area contributed by atoms with Gasteiger partial charge in [0.05, 0.1) is 15.6 Å². The lowest BCUT2D eigenvalue weighted by Gasteiger charge is -2.10. The zero-order valence-corrected chi connectivity index (χ0v) is 14.5. The molecule has 0 aliphatic heterocycles. The van der Waals surface area contributed by atoms with Crippen molar-refractivity contribution >= 4 is 62.1 Å². The monoisotopic (exact) mass is 413 g/mol. The van der Waals surface area contributed by atoms with Crippen LogP contribution in [0.1, 0.15) is 10.4 Å². The standard InChI is InChI=1S/C14H9BrClN3O3S/c15-9-3-1-8(2-4-9)13(20)18-14(23)17-12-6-5-10(19(21)22)7-11(12)16/h1-7H,(H2,17,18,20,23). The molecule has 1 amide bonds. The van der Waals surface area contributed by atoms with Gasteiger partial charge in [-0.05, 0) is 42.5 Å². The van der Waals surface area contributed by atoms with Crippen molar-refractivity contribution in [3.05, 3.63) is 67.6 Å². The Labute approximate surface area is 150 Å². The SMILES string of the molecule is O=C(NC(=S)Nc1ccc([N+](=O)[O-])cc1Cl)c1ccc(Br)cc1. The molecule has 0 saturated carbocycles. The Hall–Kier alpha value is -2.03. The highest BCUT2D eigenvalue weighted by Gasteiger charge is 2.12. The van der Waals surface area contributed by atoms with Gasteiger partial charge < -0.3 is 5.32 Å². The average Bonchev–Trinajstić information content (AvgIpc) is 2.49. The molecule has 0 atom stereocenters. The van der Waals surface area contributed by atoms with E-state index < -0.39 is 4.92 Å². The molecule has 0 bridgehead atoms. The van der Waals surface area contributed by atoms with E-state index in [1.54, 1.807) is 24.3 Å². The van der Waals surface area contributed by atoms with E-state index in [2.05, 4.69) is 26.6 Å². The zero-order chi connectivity index (χ0) is 17.0. The zero-order valence-electron chi connectivity index (χ0n) is 11.4. The third-order valence-electron chi connectivity index (χ3n) is 2.75. The minimum absolute atomic E-state index is 0.0358. The Morgan fingerprint density at radius 2 is 1.87 bits per heavy atom. The summed E-state index contributed by atoms with van der Waals surface area (Å²) in [6, 6.07) is 10.6. The molecule has 0 radical (unpaired) electrons. The van der Waals surface area contributed by atoms with Crippen LogP contribution in [0.25, 0.3) is 0 Å². The van der Waals surface area contributed by atoms with Crippen molar-refractivity contribution in [1.82, 2.24) is 5.32 Å². The predicted octanol–water partition coefficient (Wildman–Crippen LogP) is 4.14. The van der Waals surface area contributed by atoms with Crippen LogP contribution in [0.2, 0.25) is 5.02 Å². The number of amides is 1. The van der Waals surface area contributed by atoms with Gasteiger partial charge in [-0.3, -0.25) is 20.2 Å². The molecule has 0 saturated heterocycles. The van der Waals surface area contributed by atoms with Gasteiger partial charge in [0, 0.05) is 22.2 Å². The Morgan fingerprint density at radius 3 is 2.43 bits per heavy atom. The molecule has 0 aliphatic carbocycles. The highest BCUT2D eigenvalue weighted by molar-refractivity contribution is 9.10. The topological polar surface area (TPSA) is 84.3 Å². The Balaban J connectivity index is 2.03. The summed E-state index contributed by atoms with van der Waals surface area (Å²) in [5.74, 6) is -0.381. The summed E-state index contributed by atoms with van der Waals surface area (Å²) in [4.78, 5) is 22.1. The first-order valence-corrected chi connectivity index (χ1v) is 7.76. The fourth-order valence-corrected chi connectivity index (χ4v) is 2.34. The molecule has 2 aromatic carbocycles. The summed E-state index contributed by atoms with van der Waals surface area (Å²) < 4.78 is 0.854. The molecule has 0 spiro atoms. The Morgan fingerprint density at radius 1 is 1.22 bits per heavy atom. The van der Waals surface area contributed by atoms with Gasteiger partial charge in [-0.25, -0.2) is 0 Å². The van der Waals surface area contributed by atoms with Crippen molar-refractivity contribution in [1.29, 1.82) is 0 Å². The van der Waals surface area contributed by atoms with E-state index in [1.807, 2.05) is 0 Å². The molecule has 23 heavy (non-hydrogen) atoms. The number of nitro groups is 1. The number of nitro benzene ring substituents is 1. The van der Waals surface area contributed by atoms with Crippen molar-refractivity contribution < 1.29 is 9.72 Å². The lowest BCUT2D eigenvalue weighted by atomic mass is 10.2. The smallest absolute Gasteiger partial charge is 0.271 e. The van der Waals surface area contributed by atoms with Gasteiger partial charge in [0.2, 0.25) is 0 Å². The fraction of sp³-hybridized carbons (Fsp3) is 0. The van der Waals surface area contributed by atoms with Crippen LogP contribution in [0.3, 0.4) is 0 Å². The molecule has 0 heterocycles. The van der Waals surface area contributed by atoms with Gasteiger partial charge >= 0.3 is 0 Å². The maximum atomic E-state index is 12.0. The first-order valence-electron chi connectivity index (χ1n) is 6.18. The van der Waals surface area contributed by atoms with Gasteiger partial charge in [-0.2, -0.15) is 0 Å². The first kappa shape index (κ1) is 17.3. The number of anilines is 1. The van der Waals surface area contributed by atoms with E-state index in [0.717, 1.165) is 4.47 Å². The first-order chi connectivity index (χ1) is 10.9. The average molecular weight is 415 g/mol. The number of halogens is 2. The number of carbonyl (C=O) groups is 1. The maximum Gasteiger partial charge on any atom is 0.271 e. The number of nitrogens with one attached hydrogen (secondary N) is 2. The normalized spacial score (nSPS) is 10.0. The van der Waals surface area contributed by atoms with E-state index in [4.69, 9.17) is 23.8 Å². The van der Waals surface area contributed by atoms with E-state index >= 15 is 0 Å².